The summed E-state index contributed by atoms with van der Waals surface area (Å²) in [6.07, 6.45) is 6.60. The Labute approximate surface area is 208 Å². The van der Waals surface area contributed by atoms with Gasteiger partial charge < -0.3 is 15.4 Å². The lowest BCUT2D eigenvalue weighted by Crippen LogP contribution is -2.48. The van der Waals surface area contributed by atoms with Gasteiger partial charge >= 0.3 is 0 Å². The highest BCUT2D eigenvalue weighted by Crippen LogP contribution is 2.32. The van der Waals surface area contributed by atoms with Crippen LogP contribution < -0.4 is 15.4 Å². The van der Waals surface area contributed by atoms with Crippen LogP contribution in [0.25, 0.3) is 0 Å². The normalized spacial score (nSPS) is 18.5. The number of benzene rings is 2. The molecule has 3 aromatic rings. The molecule has 33 heavy (non-hydrogen) atoms. The number of nitrogens with zero attached hydrogens (tertiary/aromatic N) is 2. The van der Waals surface area contributed by atoms with E-state index in [4.69, 9.17) is 4.74 Å². The van der Waals surface area contributed by atoms with Crippen LogP contribution >= 0.6 is 23.7 Å². The molecule has 2 N–H and O–H groups in total. The van der Waals surface area contributed by atoms with Crippen molar-refractivity contribution in [1.82, 2.24) is 15.2 Å². The quantitative estimate of drug-likeness (QED) is 0.337. The number of hydrogen-bond donors (Lipinski definition) is 2. The van der Waals surface area contributed by atoms with Gasteiger partial charge in [0.05, 0.1) is 13.2 Å². The van der Waals surface area contributed by atoms with E-state index in [0.29, 0.717) is 12.1 Å². The number of piperidine rings is 1. The molecule has 0 bridgehead atoms. The van der Waals surface area contributed by atoms with Crippen molar-refractivity contribution in [2.45, 2.75) is 44.3 Å². The Hall–Kier alpha value is -2.12. The third-order valence-electron chi connectivity index (χ3n) is 6.20. The second-order valence-electron chi connectivity index (χ2n) is 8.30. The van der Waals surface area contributed by atoms with E-state index >= 15 is 0 Å². The minimum atomic E-state index is 0. The van der Waals surface area contributed by atoms with Crippen LogP contribution in [0.5, 0.6) is 5.75 Å². The largest absolute Gasteiger partial charge is 0.496 e. The van der Waals surface area contributed by atoms with Crippen LogP contribution in [0.2, 0.25) is 0 Å². The molecule has 1 fully saturated rings. The number of methoxy groups -OCH3 is 1. The van der Waals surface area contributed by atoms with Crippen LogP contribution in [0.4, 0.5) is 5.13 Å². The third-order valence-corrected chi connectivity index (χ3v) is 6.93. The average molecular weight is 487 g/mol. The van der Waals surface area contributed by atoms with Gasteiger partial charge in [-0.25, -0.2) is 4.98 Å². The summed E-state index contributed by atoms with van der Waals surface area (Å²) in [6, 6.07) is 20.1. The molecule has 1 saturated heterocycles. The number of nitrogens with one attached hydrogen (secondary N) is 2. The molecule has 1 aliphatic rings. The van der Waals surface area contributed by atoms with Gasteiger partial charge in [0.2, 0.25) is 0 Å². The van der Waals surface area contributed by atoms with E-state index in [2.05, 4.69) is 63.0 Å². The lowest BCUT2D eigenvalue weighted by Gasteiger charge is -2.42. The lowest BCUT2D eigenvalue weighted by atomic mass is 9.89. The topological polar surface area (TPSA) is 49.4 Å². The fourth-order valence-electron chi connectivity index (χ4n) is 4.66. The van der Waals surface area contributed by atoms with Crippen LogP contribution in [0.1, 0.15) is 42.9 Å². The van der Waals surface area contributed by atoms with E-state index in [-0.39, 0.29) is 12.4 Å². The molecule has 0 saturated carbocycles. The fourth-order valence-corrected chi connectivity index (χ4v) is 5.22. The molecule has 2 heterocycles. The zero-order valence-corrected chi connectivity index (χ0v) is 20.9. The summed E-state index contributed by atoms with van der Waals surface area (Å²) >= 11 is 1.66. The maximum atomic E-state index is 5.56. The molecule has 178 valence electrons. The first-order chi connectivity index (χ1) is 15.8. The van der Waals surface area contributed by atoms with Gasteiger partial charge in [-0.2, -0.15) is 0 Å². The van der Waals surface area contributed by atoms with Crippen molar-refractivity contribution in [1.29, 1.82) is 0 Å². The Morgan fingerprint density at radius 1 is 1.09 bits per heavy atom. The molecule has 5 nitrogen and oxygen atoms in total. The van der Waals surface area contributed by atoms with E-state index in [9.17, 15) is 0 Å². The number of aromatic nitrogens is 1. The number of ether oxygens (including phenoxy) is 1. The molecule has 0 amide bonds. The average Bonchev–Trinajstić information content (AvgIpc) is 3.37. The molecule has 1 aliphatic heterocycles. The first-order valence-corrected chi connectivity index (χ1v) is 12.5. The van der Waals surface area contributed by atoms with E-state index in [0.717, 1.165) is 43.5 Å². The highest BCUT2D eigenvalue weighted by molar-refractivity contribution is 7.13. The SMILES string of the molecule is COc1ccccc1CN[C@H]1CCCN(CCCCNc2nccs2)[C@H]1c1ccccc1.Cl. The highest BCUT2D eigenvalue weighted by atomic mass is 35.5. The summed E-state index contributed by atoms with van der Waals surface area (Å²) in [7, 11) is 1.75. The van der Waals surface area contributed by atoms with Crippen LogP contribution in [-0.2, 0) is 6.54 Å². The van der Waals surface area contributed by atoms with Crippen LogP contribution in [0.3, 0.4) is 0 Å². The first-order valence-electron chi connectivity index (χ1n) is 11.6. The zero-order valence-electron chi connectivity index (χ0n) is 19.3. The molecule has 1 aromatic heterocycles. The van der Waals surface area contributed by atoms with Gasteiger partial charge in [-0.3, -0.25) is 4.90 Å². The van der Waals surface area contributed by atoms with Gasteiger partial charge in [0.15, 0.2) is 5.13 Å². The monoisotopic (exact) mass is 486 g/mol. The van der Waals surface area contributed by atoms with Crippen LogP contribution in [0.15, 0.2) is 66.2 Å². The minimum Gasteiger partial charge on any atom is -0.496 e. The third kappa shape index (κ3) is 7.18. The van der Waals surface area contributed by atoms with Gasteiger partial charge in [0.1, 0.15) is 5.75 Å². The molecule has 2 atom stereocenters. The molecule has 0 unspecified atom stereocenters. The minimum absolute atomic E-state index is 0. The molecular weight excluding hydrogens is 452 g/mol. The summed E-state index contributed by atoms with van der Waals surface area (Å²) < 4.78 is 5.56. The van der Waals surface area contributed by atoms with Crippen molar-refractivity contribution in [3.63, 3.8) is 0 Å². The molecular formula is C26H35ClN4OS. The second-order valence-corrected chi connectivity index (χ2v) is 9.20. The van der Waals surface area contributed by atoms with Gasteiger partial charge in [0, 0.05) is 36.3 Å². The van der Waals surface area contributed by atoms with Crippen LogP contribution in [0, 0.1) is 0 Å². The number of thiazole rings is 1. The standard InChI is InChI=1S/C26H34N4OS.ClH/c1-31-24-14-6-5-12-22(24)20-29-23-13-9-18-30(25(23)21-10-3-2-4-11-21)17-8-7-15-27-26-28-16-19-32-26;/h2-6,10-12,14,16,19,23,25,29H,7-9,13,15,17-18,20H2,1H3,(H,27,28);1H/t23-,25-;/m0./s1. The number of halogens is 1. The summed E-state index contributed by atoms with van der Waals surface area (Å²) in [5.74, 6) is 0.955. The van der Waals surface area contributed by atoms with Crippen molar-refractivity contribution >= 4 is 28.9 Å². The van der Waals surface area contributed by atoms with Crippen molar-refractivity contribution < 1.29 is 4.74 Å². The van der Waals surface area contributed by atoms with Gasteiger partial charge in [-0.05, 0) is 50.4 Å². The lowest BCUT2D eigenvalue weighted by molar-refractivity contribution is 0.109. The Kier molecular flexibility index (Phi) is 10.5. The summed E-state index contributed by atoms with van der Waals surface area (Å²) in [4.78, 5) is 6.99. The predicted molar refractivity (Wildman–Crippen MR) is 141 cm³/mol. The smallest absolute Gasteiger partial charge is 0.182 e. The van der Waals surface area contributed by atoms with Gasteiger partial charge in [-0.1, -0.05) is 48.5 Å². The summed E-state index contributed by atoms with van der Waals surface area (Å²) in [5.41, 5.74) is 2.62. The van der Waals surface area contributed by atoms with Crippen molar-refractivity contribution in [3.05, 3.63) is 77.3 Å². The highest BCUT2D eigenvalue weighted by Gasteiger charge is 2.32. The summed E-state index contributed by atoms with van der Waals surface area (Å²) in [5, 5.41) is 10.3. The van der Waals surface area contributed by atoms with Gasteiger partial charge in [0.25, 0.3) is 0 Å². The van der Waals surface area contributed by atoms with Crippen molar-refractivity contribution in [2.24, 2.45) is 0 Å². The Morgan fingerprint density at radius 2 is 1.91 bits per heavy atom. The van der Waals surface area contributed by atoms with E-state index in [1.807, 2.05) is 23.7 Å². The maximum absolute atomic E-state index is 5.56. The van der Waals surface area contributed by atoms with Gasteiger partial charge in [-0.15, -0.1) is 23.7 Å². The number of likely N-dealkylation sites (tertiary alicyclic amines) is 1. The maximum Gasteiger partial charge on any atom is 0.182 e. The molecule has 7 heteroatoms. The Morgan fingerprint density at radius 3 is 2.70 bits per heavy atom. The van der Waals surface area contributed by atoms with E-state index in [1.165, 1.54) is 30.4 Å². The second kappa shape index (κ2) is 13.6. The van der Waals surface area contributed by atoms with E-state index < -0.39 is 0 Å². The molecule has 2 aromatic carbocycles. The number of unbranched alkanes of at least 4 members (excludes halogenated alkanes) is 1. The first kappa shape index (κ1) is 25.5. The summed E-state index contributed by atoms with van der Waals surface area (Å²) in [6.45, 7) is 4.08. The Balaban J connectivity index is 0.00000306. The molecule has 0 spiro atoms. The Bertz CT molecular complexity index is 925. The fraction of sp³-hybridized carbons (Fsp3) is 0.423. The molecule has 0 aliphatic carbocycles. The van der Waals surface area contributed by atoms with Crippen molar-refractivity contribution in [3.8, 4) is 5.75 Å². The predicted octanol–water partition coefficient (Wildman–Crippen LogP) is 5.76. The number of rotatable bonds is 11. The zero-order chi connectivity index (χ0) is 22.0. The number of para-hydroxylation sites is 1. The molecule has 0 radical (unpaired) electrons. The van der Waals surface area contributed by atoms with Crippen LogP contribution in [-0.4, -0.2) is 42.7 Å². The molecule has 4 rings (SSSR count). The van der Waals surface area contributed by atoms with Crippen molar-refractivity contribution in [2.75, 3.05) is 32.1 Å². The number of anilines is 1. The van der Waals surface area contributed by atoms with E-state index in [1.54, 1.807) is 18.4 Å². The number of hydrogen-bond acceptors (Lipinski definition) is 6.